The molecule has 2 aromatic rings. The molecule has 0 bridgehead atoms. The van der Waals surface area contributed by atoms with Gasteiger partial charge in [0.15, 0.2) is 5.65 Å². The molecule has 0 aromatic carbocycles. The molecule has 1 atom stereocenters. The van der Waals surface area contributed by atoms with E-state index in [1.165, 1.54) is 0 Å². The number of ether oxygens (including phenoxy) is 1. The van der Waals surface area contributed by atoms with Gasteiger partial charge in [-0.1, -0.05) is 6.92 Å². The summed E-state index contributed by atoms with van der Waals surface area (Å²) in [7, 11) is 0. The number of likely N-dealkylation sites (tertiary alicyclic amines) is 1. The van der Waals surface area contributed by atoms with E-state index in [2.05, 4.69) is 26.0 Å². The number of aromatic nitrogens is 3. The second-order valence-corrected chi connectivity index (χ2v) is 7.45. The van der Waals surface area contributed by atoms with Gasteiger partial charge in [-0.3, -0.25) is 9.59 Å². The van der Waals surface area contributed by atoms with Gasteiger partial charge in [-0.25, -0.2) is 9.67 Å². The van der Waals surface area contributed by atoms with Gasteiger partial charge in [0.05, 0.1) is 18.2 Å². The van der Waals surface area contributed by atoms with Gasteiger partial charge in [0, 0.05) is 35.6 Å². The number of fused-ring (bicyclic) bond motifs is 1. The predicted octanol–water partition coefficient (Wildman–Crippen LogP) is 2.69. The standard InChI is InChI=1S/C18H23BrN4O3/c1-3-16(24)22-6-4-5-13(11-22)18(25)26-8-7-23-17-15(12(2)21-23)9-14(19)10-20-17/h9-10,13H,3-8,11H2,1-2H3/t13-/m0/s1. The van der Waals surface area contributed by atoms with Crippen LogP contribution in [0.5, 0.6) is 0 Å². The zero-order valence-corrected chi connectivity index (χ0v) is 16.7. The number of nitrogens with zero attached hydrogens (tertiary/aromatic N) is 4. The lowest BCUT2D eigenvalue weighted by molar-refractivity contribution is -0.152. The summed E-state index contributed by atoms with van der Waals surface area (Å²) in [5.74, 6) is -0.370. The number of halogens is 1. The van der Waals surface area contributed by atoms with Crippen molar-refractivity contribution in [1.29, 1.82) is 0 Å². The Morgan fingerprint density at radius 1 is 1.42 bits per heavy atom. The van der Waals surface area contributed by atoms with Gasteiger partial charge in [0.2, 0.25) is 5.91 Å². The first-order valence-electron chi connectivity index (χ1n) is 8.92. The number of hydrogen-bond acceptors (Lipinski definition) is 5. The van der Waals surface area contributed by atoms with E-state index in [4.69, 9.17) is 4.74 Å². The molecular weight excluding hydrogens is 400 g/mol. The zero-order valence-electron chi connectivity index (χ0n) is 15.1. The summed E-state index contributed by atoms with van der Waals surface area (Å²) in [6.07, 6.45) is 3.81. The number of pyridine rings is 1. The van der Waals surface area contributed by atoms with Crippen LogP contribution < -0.4 is 0 Å². The van der Waals surface area contributed by atoms with Gasteiger partial charge >= 0.3 is 5.97 Å². The molecule has 1 fully saturated rings. The van der Waals surface area contributed by atoms with Crippen LogP contribution >= 0.6 is 15.9 Å². The van der Waals surface area contributed by atoms with E-state index >= 15 is 0 Å². The molecule has 1 saturated heterocycles. The first-order chi connectivity index (χ1) is 12.5. The van der Waals surface area contributed by atoms with Crippen LogP contribution in [0, 0.1) is 12.8 Å². The summed E-state index contributed by atoms with van der Waals surface area (Å²) < 4.78 is 8.12. The lowest BCUT2D eigenvalue weighted by Gasteiger charge is -2.31. The molecule has 0 saturated carbocycles. The van der Waals surface area contributed by atoms with Crippen LogP contribution in [0.15, 0.2) is 16.7 Å². The number of aryl methyl sites for hydroxylation is 1. The fraction of sp³-hybridized carbons (Fsp3) is 0.556. The van der Waals surface area contributed by atoms with Crippen molar-refractivity contribution in [3.63, 3.8) is 0 Å². The van der Waals surface area contributed by atoms with Crippen LogP contribution in [0.4, 0.5) is 0 Å². The summed E-state index contributed by atoms with van der Waals surface area (Å²) in [6, 6.07) is 1.98. The normalized spacial score (nSPS) is 17.5. The van der Waals surface area contributed by atoms with Crippen molar-refractivity contribution in [3.05, 3.63) is 22.4 Å². The minimum atomic E-state index is -0.234. The number of piperidine rings is 1. The monoisotopic (exact) mass is 422 g/mol. The van der Waals surface area contributed by atoms with E-state index in [9.17, 15) is 9.59 Å². The summed E-state index contributed by atoms with van der Waals surface area (Å²) in [4.78, 5) is 30.3. The number of amides is 1. The minimum Gasteiger partial charge on any atom is -0.463 e. The Hall–Kier alpha value is -1.96. The summed E-state index contributed by atoms with van der Waals surface area (Å²) in [5.41, 5.74) is 1.67. The maximum Gasteiger partial charge on any atom is 0.310 e. The third kappa shape index (κ3) is 4.06. The number of carbonyl (C=O) groups excluding carboxylic acids is 2. The van der Waals surface area contributed by atoms with Gasteiger partial charge in [-0.05, 0) is 41.8 Å². The van der Waals surface area contributed by atoms with E-state index in [-0.39, 0.29) is 24.4 Å². The van der Waals surface area contributed by atoms with Crippen LogP contribution in [0.1, 0.15) is 31.9 Å². The average molecular weight is 423 g/mol. The van der Waals surface area contributed by atoms with Gasteiger partial charge in [-0.2, -0.15) is 5.10 Å². The number of carbonyl (C=O) groups is 2. The first kappa shape index (κ1) is 18.8. The molecule has 1 aliphatic rings. The molecule has 0 aliphatic carbocycles. The van der Waals surface area contributed by atoms with Crippen molar-refractivity contribution in [2.24, 2.45) is 5.92 Å². The number of rotatable bonds is 5. The highest BCUT2D eigenvalue weighted by atomic mass is 79.9. The van der Waals surface area contributed by atoms with Crippen molar-refractivity contribution >= 4 is 38.8 Å². The Morgan fingerprint density at radius 3 is 3.00 bits per heavy atom. The molecule has 0 spiro atoms. The number of esters is 1. The molecule has 2 aromatic heterocycles. The molecule has 26 heavy (non-hydrogen) atoms. The summed E-state index contributed by atoms with van der Waals surface area (Å²) in [5, 5.41) is 5.45. The SMILES string of the molecule is CCC(=O)N1CCC[C@H](C(=O)OCCn2nc(C)c3cc(Br)cnc32)C1. The molecule has 3 heterocycles. The molecule has 0 radical (unpaired) electrons. The maximum absolute atomic E-state index is 12.3. The van der Waals surface area contributed by atoms with Crippen LogP contribution in [-0.4, -0.2) is 51.2 Å². The van der Waals surface area contributed by atoms with Crippen molar-refractivity contribution in [2.45, 2.75) is 39.7 Å². The topological polar surface area (TPSA) is 77.3 Å². The molecule has 1 amide bonds. The van der Waals surface area contributed by atoms with E-state index in [1.54, 1.807) is 15.8 Å². The molecule has 8 heteroatoms. The largest absolute Gasteiger partial charge is 0.463 e. The second-order valence-electron chi connectivity index (χ2n) is 6.53. The molecule has 0 N–H and O–H groups in total. The van der Waals surface area contributed by atoms with Crippen molar-refractivity contribution in [2.75, 3.05) is 19.7 Å². The molecule has 0 unspecified atom stereocenters. The summed E-state index contributed by atoms with van der Waals surface area (Å²) in [6.45, 7) is 5.66. The van der Waals surface area contributed by atoms with E-state index < -0.39 is 0 Å². The van der Waals surface area contributed by atoms with E-state index in [0.717, 1.165) is 40.6 Å². The van der Waals surface area contributed by atoms with Crippen molar-refractivity contribution in [3.8, 4) is 0 Å². The number of hydrogen-bond donors (Lipinski definition) is 0. The Bertz CT molecular complexity index is 820. The fourth-order valence-electron chi connectivity index (χ4n) is 3.31. The van der Waals surface area contributed by atoms with Gasteiger partial charge < -0.3 is 9.64 Å². The highest BCUT2D eigenvalue weighted by Crippen LogP contribution is 2.21. The average Bonchev–Trinajstić information content (AvgIpc) is 2.96. The first-order valence-corrected chi connectivity index (χ1v) is 9.72. The lowest BCUT2D eigenvalue weighted by atomic mass is 9.98. The molecule has 7 nitrogen and oxygen atoms in total. The second kappa shape index (κ2) is 8.16. The Labute approximate surface area is 160 Å². The highest BCUT2D eigenvalue weighted by molar-refractivity contribution is 9.10. The van der Waals surface area contributed by atoms with Crippen molar-refractivity contribution in [1.82, 2.24) is 19.7 Å². The molecule has 140 valence electrons. The molecule has 1 aliphatic heterocycles. The molecular formula is C18H23BrN4O3. The van der Waals surface area contributed by atoms with E-state index in [1.807, 2.05) is 19.9 Å². The quantitative estimate of drug-likeness (QED) is 0.692. The summed E-state index contributed by atoms with van der Waals surface area (Å²) >= 11 is 3.41. The van der Waals surface area contributed by atoms with Gasteiger partial charge in [0.25, 0.3) is 0 Å². The fourth-order valence-corrected chi connectivity index (χ4v) is 3.64. The van der Waals surface area contributed by atoms with E-state index in [0.29, 0.717) is 19.5 Å². The minimum absolute atomic E-state index is 0.0956. The van der Waals surface area contributed by atoms with Gasteiger partial charge in [-0.15, -0.1) is 0 Å². The Balaban J connectivity index is 1.56. The highest BCUT2D eigenvalue weighted by Gasteiger charge is 2.28. The Morgan fingerprint density at radius 2 is 2.23 bits per heavy atom. The third-order valence-corrected chi connectivity index (χ3v) is 5.13. The Kier molecular flexibility index (Phi) is 5.90. The van der Waals surface area contributed by atoms with Crippen LogP contribution in [0.3, 0.4) is 0 Å². The van der Waals surface area contributed by atoms with Gasteiger partial charge in [0.1, 0.15) is 6.61 Å². The zero-order chi connectivity index (χ0) is 18.7. The maximum atomic E-state index is 12.3. The lowest BCUT2D eigenvalue weighted by Crippen LogP contribution is -2.42. The van der Waals surface area contributed by atoms with Crippen molar-refractivity contribution < 1.29 is 14.3 Å². The third-order valence-electron chi connectivity index (χ3n) is 4.70. The van der Waals surface area contributed by atoms with Crippen LogP contribution in [0.25, 0.3) is 11.0 Å². The smallest absolute Gasteiger partial charge is 0.310 e. The van der Waals surface area contributed by atoms with Crippen LogP contribution in [-0.2, 0) is 20.9 Å². The van der Waals surface area contributed by atoms with Crippen LogP contribution in [0.2, 0.25) is 0 Å². The molecule has 3 rings (SSSR count). The predicted molar refractivity (Wildman–Crippen MR) is 101 cm³/mol.